The monoisotopic (exact) mass is 247 g/mol. The van der Waals surface area contributed by atoms with E-state index in [1.54, 1.807) is 0 Å². The first-order valence-electron chi connectivity index (χ1n) is 5.18. The van der Waals surface area contributed by atoms with Crippen LogP contribution in [0.1, 0.15) is 39.4 Å². The van der Waals surface area contributed by atoms with Crippen LogP contribution >= 0.6 is 23.1 Å². The predicted octanol–water partition coefficient (Wildman–Crippen LogP) is 3.27. The Labute approximate surface area is 100 Å². The molecule has 0 spiro atoms. The lowest BCUT2D eigenvalue weighted by atomic mass is 9.96. The largest absolute Gasteiger partial charge is 0.360 e. The van der Waals surface area contributed by atoms with E-state index < -0.39 is 0 Å². The van der Waals surface area contributed by atoms with E-state index in [0.29, 0.717) is 0 Å². The molecule has 1 rings (SSSR count). The van der Waals surface area contributed by atoms with Crippen LogP contribution < -0.4 is 5.32 Å². The summed E-state index contributed by atoms with van der Waals surface area (Å²) in [5, 5.41) is 4.17. The first-order chi connectivity index (χ1) is 7.04. The Balaban J connectivity index is 2.40. The van der Waals surface area contributed by atoms with Gasteiger partial charge in [0.15, 0.2) is 0 Å². The van der Waals surface area contributed by atoms with Gasteiger partial charge in [0, 0.05) is 29.4 Å². The molecule has 86 valence electrons. The van der Waals surface area contributed by atoms with Gasteiger partial charge in [-0.25, -0.2) is 4.98 Å². The van der Waals surface area contributed by atoms with E-state index >= 15 is 0 Å². The summed E-state index contributed by atoms with van der Waals surface area (Å²) in [6.07, 6.45) is 2.12. The van der Waals surface area contributed by atoms with Crippen LogP contribution in [0.2, 0.25) is 0 Å². The van der Waals surface area contributed by atoms with Gasteiger partial charge >= 0.3 is 0 Å². The van der Waals surface area contributed by atoms with Crippen molar-refractivity contribution in [1.29, 1.82) is 0 Å². The molecule has 0 aliphatic carbocycles. The Hall–Kier alpha value is -0.350. The van der Waals surface area contributed by atoms with Gasteiger partial charge in [0.2, 0.25) is 5.13 Å². The summed E-state index contributed by atoms with van der Waals surface area (Å²) in [5.41, 5.74) is 0.0343. The van der Waals surface area contributed by atoms with Crippen molar-refractivity contribution in [2.75, 3.05) is 17.7 Å². The average Bonchev–Trinajstić information content (AvgIpc) is 2.60. The molecule has 1 aromatic heterocycles. The summed E-state index contributed by atoms with van der Waals surface area (Å²) in [6.45, 7) is 7.27. The van der Waals surface area contributed by atoms with Crippen LogP contribution in [0.5, 0.6) is 0 Å². The molecule has 0 amide bonds. The maximum absolute atomic E-state index is 5.59. The topological polar surface area (TPSA) is 37.8 Å². The normalized spacial score (nSPS) is 11.7. The minimum absolute atomic E-state index is 0.0343. The Morgan fingerprint density at radius 3 is 2.60 bits per heavy atom. The van der Waals surface area contributed by atoms with E-state index in [1.165, 1.54) is 11.5 Å². The highest BCUT2D eigenvalue weighted by Gasteiger charge is 2.19. The second kappa shape index (κ2) is 5.66. The van der Waals surface area contributed by atoms with Gasteiger partial charge in [0.1, 0.15) is 5.82 Å². The zero-order chi connectivity index (χ0) is 11.3. The predicted molar refractivity (Wildman–Crippen MR) is 67.1 cm³/mol. The molecule has 0 radical (unpaired) electrons. The molecule has 1 aromatic rings. The molecule has 0 unspecified atom stereocenters. The van der Waals surface area contributed by atoms with Gasteiger partial charge in [-0.2, -0.15) is 4.37 Å². The fourth-order valence-electron chi connectivity index (χ4n) is 1.01. The number of nitrogens with one attached hydrogen (secondary N) is 1. The summed E-state index contributed by atoms with van der Waals surface area (Å²) < 4.78 is 4.33. The van der Waals surface area contributed by atoms with Gasteiger partial charge in [-0.15, -0.1) is 11.6 Å². The van der Waals surface area contributed by atoms with E-state index in [4.69, 9.17) is 11.6 Å². The standard InChI is InChI=1S/C10H18ClN3S/c1-10(2,3)8-13-9(15-14-8)12-7-5-4-6-11/h4-7H2,1-3H3,(H,12,13,14). The molecular weight excluding hydrogens is 230 g/mol. The van der Waals surface area contributed by atoms with Gasteiger partial charge < -0.3 is 5.32 Å². The molecule has 3 nitrogen and oxygen atoms in total. The first-order valence-corrected chi connectivity index (χ1v) is 6.49. The molecule has 5 heteroatoms. The van der Waals surface area contributed by atoms with E-state index in [1.807, 2.05) is 0 Å². The van der Waals surface area contributed by atoms with Crippen LogP contribution in [-0.2, 0) is 5.41 Å². The lowest BCUT2D eigenvalue weighted by Crippen LogP contribution is -2.13. The summed E-state index contributed by atoms with van der Waals surface area (Å²) in [7, 11) is 0. The highest BCUT2D eigenvalue weighted by Crippen LogP contribution is 2.22. The fourth-order valence-corrected chi connectivity index (χ4v) is 1.99. The maximum Gasteiger partial charge on any atom is 0.202 e. The zero-order valence-electron chi connectivity index (χ0n) is 9.51. The third-order valence-electron chi connectivity index (χ3n) is 1.93. The van der Waals surface area contributed by atoms with Crippen LogP contribution in [0.15, 0.2) is 0 Å². The van der Waals surface area contributed by atoms with Crippen molar-refractivity contribution in [1.82, 2.24) is 9.36 Å². The Morgan fingerprint density at radius 1 is 1.33 bits per heavy atom. The van der Waals surface area contributed by atoms with E-state index in [9.17, 15) is 0 Å². The first kappa shape index (κ1) is 12.7. The molecule has 0 saturated heterocycles. The highest BCUT2D eigenvalue weighted by atomic mass is 35.5. The van der Waals surface area contributed by atoms with Crippen LogP contribution in [0.4, 0.5) is 5.13 Å². The van der Waals surface area contributed by atoms with Crippen molar-refractivity contribution in [3.8, 4) is 0 Å². The van der Waals surface area contributed by atoms with Crippen molar-refractivity contribution in [3.05, 3.63) is 5.82 Å². The summed E-state index contributed by atoms with van der Waals surface area (Å²) in [4.78, 5) is 4.44. The Morgan fingerprint density at radius 2 is 2.07 bits per heavy atom. The third-order valence-corrected chi connectivity index (χ3v) is 2.87. The second-order valence-corrected chi connectivity index (χ2v) is 5.63. The molecule has 0 aliphatic heterocycles. The molecule has 0 bridgehead atoms. The number of rotatable bonds is 5. The number of nitrogens with zero attached hydrogens (tertiary/aromatic N) is 2. The third kappa shape index (κ3) is 4.34. The summed E-state index contributed by atoms with van der Waals surface area (Å²) in [6, 6.07) is 0. The van der Waals surface area contributed by atoms with Crippen molar-refractivity contribution in [2.45, 2.75) is 39.0 Å². The van der Waals surface area contributed by atoms with Gasteiger partial charge in [0.05, 0.1) is 0 Å². The number of hydrogen-bond donors (Lipinski definition) is 1. The van der Waals surface area contributed by atoms with Gasteiger partial charge in [-0.05, 0) is 12.8 Å². The quantitative estimate of drug-likeness (QED) is 0.641. The lowest BCUT2D eigenvalue weighted by Gasteiger charge is -2.12. The Bertz CT molecular complexity index is 293. The molecule has 15 heavy (non-hydrogen) atoms. The van der Waals surface area contributed by atoms with Crippen molar-refractivity contribution in [3.63, 3.8) is 0 Å². The lowest BCUT2D eigenvalue weighted by molar-refractivity contribution is 0.555. The van der Waals surface area contributed by atoms with Gasteiger partial charge in [-0.3, -0.25) is 0 Å². The Kier molecular flexibility index (Phi) is 4.80. The summed E-state index contributed by atoms with van der Waals surface area (Å²) >= 11 is 7.02. The van der Waals surface area contributed by atoms with Crippen molar-refractivity contribution in [2.24, 2.45) is 0 Å². The van der Waals surface area contributed by atoms with Crippen LogP contribution in [0.25, 0.3) is 0 Å². The number of alkyl halides is 1. The number of anilines is 1. The maximum atomic E-state index is 5.59. The average molecular weight is 248 g/mol. The van der Waals surface area contributed by atoms with Gasteiger partial charge in [0.25, 0.3) is 0 Å². The molecule has 0 aliphatic rings. The van der Waals surface area contributed by atoms with Crippen molar-refractivity contribution >= 4 is 28.3 Å². The molecule has 0 aromatic carbocycles. The summed E-state index contributed by atoms with van der Waals surface area (Å²) in [5.74, 6) is 1.64. The zero-order valence-corrected chi connectivity index (χ0v) is 11.1. The van der Waals surface area contributed by atoms with E-state index in [2.05, 4.69) is 35.4 Å². The SMILES string of the molecule is CC(C)(C)c1nsc(NCCCCCl)n1. The van der Waals surface area contributed by atoms with E-state index in [-0.39, 0.29) is 5.41 Å². The molecule has 1 N–H and O–H groups in total. The van der Waals surface area contributed by atoms with Gasteiger partial charge in [-0.1, -0.05) is 20.8 Å². The minimum atomic E-state index is 0.0343. The smallest absolute Gasteiger partial charge is 0.202 e. The molecule has 0 saturated carbocycles. The molecule has 0 atom stereocenters. The number of halogens is 1. The van der Waals surface area contributed by atoms with E-state index in [0.717, 1.165) is 36.2 Å². The highest BCUT2D eigenvalue weighted by molar-refractivity contribution is 7.09. The van der Waals surface area contributed by atoms with Crippen molar-refractivity contribution < 1.29 is 0 Å². The molecular formula is C10H18ClN3S. The number of hydrogen-bond acceptors (Lipinski definition) is 4. The molecule has 0 fully saturated rings. The number of unbranched alkanes of at least 4 members (excludes halogenated alkanes) is 1. The number of aromatic nitrogens is 2. The van der Waals surface area contributed by atoms with Crippen LogP contribution in [-0.4, -0.2) is 21.8 Å². The minimum Gasteiger partial charge on any atom is -0.360 e. The van der Waals surface area contributed by atoms with Crippen LogP contribution in [0, 0.1) is 0 Å². The fraction of sp³-hybridized carbons (Fsp3) is 0.800. The second-order valence-electron chi connectivity index (χ2n) is 4.50. The van der Waals surface area contributed by atoms with Crippen LogP contribution in [0.3, 0.4) is 0 Å². The molecule has 1 heterocycles.